The first-order valence-electron chi connectivity index (χ1n) is 7.71. The van der Waals surface area contributed by atoms with Crippen molar-refractivity contribution < 1.29 is 18.5 Å². The van der Waals surface area contributed by atoms with Crippen molar-refractivity contribution in [3.63, 3.8) is 0 Å². The maximum Gasteiger partial charge on any atom is 0.315 e. The van der Waals surface area contributed by atoms with Crippen molar-refractivity contribution in [2.75, 3.05) is 5.32 Å². The van der Waals surface area contributed by atoms with Crippen molar-refractivity contribution in [1.29, 1.82) is 0 Å². The number of rotatable bonds is 4. The fourth-order valence-corrected chi connectivity index (χ4v) is 2.88. The predicted molar refractivity (Wildman–Crippen MR) is 81.4 cm³/mol. The highest BCUT2D eigenvalue weighted by Crippen LogP contribution is 2.25. The number of nitrogens with one attached hydrogen (secondary N) is 1. The van der Waals surface area contributed by atoms with Crippen LogP contribution in [0.25, 0.3) is 0 Å². The number of furan rings is 1. The second-order valence-corrected chi connectivity index (χ2v) is 5.73. The van der Waals surface area contributed by atoms with E-state index >= 15 is 0 Å². The molecular formula is C16H19N3O4. The van der Waals surface area contributed by atoms with Crippen molar-refractivity contribution >= 4 is 17.6 Å². The lowest BCUT2D eigenvalue weighted by atomic mass is 10.2. The monoisotopic (exact) mass is 317 g/mol. The number of aromatic nitrogens is 1. The van der Waals surface area contributed by atoms with Gasteiger partial charge >= 0.3 is 11.8 Å². The molecule has 23 heavy (non-hydrogen) atoms. The SMILES string of the molecule is Cc1cc(NC(=O)C(=O)N(Cc2ccco2)C2CCCC2)no1. The van der Waals surface area contributed by atoms with Gasteiger partial charge in [0.25, 0.3) is 0 Å². The van der Waals surface area contributed by atoms with Gasteiger partial charge in [-0.25, -0.2) is 0 Å². The second-order valence-electron chi connectivity index (χ2n) is 5.73. The highest BCUT2D eigenvalue weighted by molar-refractivity contribution is 6.39. The number of carbonyl (C=O) groups is 2. The summed E-state index contributed by atoms with van der Waals surface area (Å²) in [5.74, 6) is 0.183. The Labute approximate surface area is 133 Å². The Morgan fingerprint density at radius 1 is 1.39 bits per heavy atom. The minimum atomic E-state index is -0.711. The van der Waals surface area contributed by atoms with Crippen molar-refractivity contribution in [2.45, 2.75) is 45.2 Å². The molecule has 0 aliphatic heterocycles. The third kappa shape index (κ3) is 3.61. The first-order valence-corrected chi connectivity index (χ1v) is 7.71. The molecule has 3 rings (SSSR count). The molecule has 2 amide bonds. The molecule has 0 unspecified atom stereocenters. The largest absolute Gasteiger partial charge is 0.467 e. The van der Waals surface area contributed by atoms with Gasteiger partial charge in [-0.15, -0.1) is 0 Å². The third-order valence-electron chi connectivity index (χ3n) is 4.00. The summed E-state index contributed by atoms with van der Waals surface area (Å²) in [6.07, 6.45) is 5.50. The molecule has 0 aromatic carbocycles. The van der Waals surface area contributed by atoms with E-state index in [1.807, 2.05) is 0 Å². The fraction of sp³-hybridized carbons (Fsp3) is 0.438. The highest BCUT2D eigenvalue weighted by Gasteiger charge is 2.31. The maximum absolute atomic E-state index is 12.6. The molecule has 7 nitrogen and oxygen atoms in total. The number of hydrogen-bond acceptors (Lipinski definition) is 5. The summed E-state index contributed by atoms with van der Waals surface area (Å²) in [7, 11) is 0. The van der Waals surface area contributed by atoms with E-state index in [-0.39, 0.29) is 11.9 Å². The van der Waals surface area contributed by atoms with Crippen molar-refractivity contribution in [3.8, 4) is 0 Å². The Kier molecular flexibility index (Phi) is 4.45. The quantitative estimate of drug-likeness (QED) is 0.875. The molecule has 1 aliphatic rings. The average molecular weight is 317 g/mol. The van der Waals surface area contributed by atoms with Gasteiger partial charge in [0.2, 0.25) is 0 Å². The Balaban J connectivity index is 1.72. The second kappa shape index (κ2) is 6.68. The van der Waals surface area contributed by atoms with Crippen LogP contribution in [0.5, 0.6) is 0 Å². The van der Waals surface area contributed by atoms with Gasteiger partial charge in [-0.2, -0.15) is 0 Å². The van der Waals surface area contributed by atoms with Gasteiger partial charge in [0.1, 0.15) is 11.5 Å². The minimum absolute atomic E-state index is 0.0670. The van der Waals surface area contributed by atoms with Gasteiger partial charge in [-0.05, 0) is 31.9 Å². The smallest absolute Gasteiger partial charge is 0.315 e. The van der Waals surface area contributed by atoms with Crippen molar-refractivity contribution in [2.24, 2.45) is 0 Å². The first-order chi connectivity index (χ1) is 11.1. The number of hydrogen-bond donors (Lipinski definition) is 1. The van der Waals surface area contributed by atoms with E-state index in [0.29, 0.717) is 18.1 Å². The lowest BCUT2D eigenvalue weighted by molar-refractivity contribution is -0.145. The molecule has 0 saturated heterocycles. The molecule has 7 heteroatoms. The molecular weight excluding hydrogens is 298 g/mol. The van der Waals surface area contributed by atoms with Crippen LogP contribution in [0, 0.1) is 6.92 Å². The molecule has 1 N–H and O–H groups in total. The average Bonchev–Trinajstić information content (AvgIpc) is 3.27. The molecule has 1 fully saturated rings. The zero-order chi connectivity index (χ0) is 16.2. The van der Waals surface area contributed by atoms with E-state index in [1.165, 1.54) is 0 Å². The lowest BCUT2D eigenvalue weighted by Crippen LogP contribution is -2.44. The summed E-state index contributed by atoms with van der Waals surface area (Å²) >= 11 is 0. The van der Waals surface area contributed by atoms with Gasteiger partial charge in [-0.1, -0.05) is 18.0 Å². The van der Waals surface area contributed by atoms with Crippen molar-refractivity contribution in [3.05, 3.63) is 36.0 Å². The molecule has 122 valence electrons. The summed E-state index contributed by atoms with van der Waals surface area (Å²) in [5.41, 5.74) is 0. The van der Waals surface area contributed by atoms with E-state index in [4.69, 9.17) is 8.94 Å². The summed E-state index contributed by atoms with van der Waals surface area (Å²) < 4.78 is 10.2. The van der Waals surface area contributed by atoms with Gasteiger partial charge in [-0.3, -0.25) is 14.9 Å². The number of amides is 2. The van der Waals surface area contributed by atoms with Crippen LogP contribution in [0.3, 0.4) is 0 Å². The maximum atomic E-state index is 12.6. The lowest BCUT2D eigenvalue weighted by Gasteiger charge is -2.27. The summed E-state index contributed by atoms with van der Waals surface area (Å²) in [4.78, 5) is 26.4. The van der Waals surface area contributed by atoms with Crippen LogP contribution in [0.1, 0.15) is 37.2 Å². The van der Waals surface area contributed by atoms with Gasteiger partial charge < -0.3 is 13.8 Å². The Morgan fingerprint density at radius 2 is 2.17 bits per heavy atom. The van der Waals surface area contributed by atoms with Gasteiger partial charge in [0.15, 0.2) is 5.82 Å². The van der Waals surface area contributed by atoms with Crippen LogP contribution >= 0.6 is 0 Å². The normalized spacial score (nSPS) is 14.8. The predicted octanol–water partition coefficient (Wildman–Crippen LogP) is 2.49. The molecule has 2 heterocycles. The van der Waals surface area contributed by atoms with E-state index in [0.717, 1.165) is 25.7 Å². The standard InChI is InChI=1S/C16H19N3O4/c1-11-9-14(18-23-11)17-15(20)16(21)19(12-5-2-3-6-12)10-13-7-4-8-22-13/h4,7-9,12H,2-3,5-6,10H2,1H3,(H,17,18,20). The Morgan fingerprint density at radius 3 is 2.78 bits per heavy atom. The van der Waals surface area contributed by atoms with Crippen LogP contribution in [0.15, 0.2) is 33.4 Å². The van der Waals surface area contributed by atoms with Crippen LogP contribution < -0.4 is 5.32 Å². The van der Waals surface area contributed by atoms with Gasteiger partial charge in [0, 0.05) is 12.1 Å². The number of nitrogens with zero attached hydrogens (tertiary/aromatic N) is 2. The van der Waals surface area contributed by atoms with E-state index in [2.05, 4.69) is 10.5 Å². The topological polar surface area (TPSA) is 88.6 Å². The van der Waals surface area contributed by atoms with E-state index in [9.17, 15) is 9.59 Å². The first kappa shape index (κ1) is 15.3. The van der Waals surface area contributed by atoms with Crippen LogP contribution in [0.4, 0.5) is 5.82 Å². The molecule has 2 aromatic rings. The summed E-state index contributed by atoms with van der Waals surface area (Å²) in [6.45, 7) is 2.01. The van der Waals surface area contributed by atoms with Crippen LogP contribution in [-0.4, -0.2) is 27.9 Å². The summed E-state index contributed by atoms with van der Waals surface area (Å²) in [6, 6.07) is 5.20. The van der Waals surface area contributed by atoms with E-state index < -0.39 is 11.8 Å². The van der Waals surface area contributed by atoms with Crippen molar-refractivity contribution in [1.82, 2.24) is 10.1 Å². The molecule has 0 atom stereocenters. The number of aryl methyl sites for hydroxylation is 1. The molecule has 0 radical (unpaired) electrons. The highest BCUT2D eigenvalue weighted by atomic mass is 16.5. The number of carbonyl (C=O) groups excluding carboxylic acids is 2. The minimum Gasteiger partial charge on any atom is -0.467 e. The molecule has 1 aliphatic carbocycles. The fourth-order valence-electron chi connectivity index (χ4n) is 2.88. The Hall–Kier alpha value is -2.57. The van der Waals surface area contributed by atoms with Gasteiger partial charge in [0.05, 0.1) is 12.8 Å². The molecule has 0 spiro atoms. The molecule has 0 bridgehead atoms. The summed E-state index contributed by atoms with van der Waals surface area (Å²) in [5, 5.41) is 6.15. The molecule has 2 aromatic heterocycles. The number of anilines is 1. The van der Waals surface area contributed by atoms with E-state index in [1.54, 1.807) is 36.3 Å². The van der Waals surface area contributed by atoms with Crippen LogP contribution in [0.2, 0.25) is 0 Å². The third-order valence-corrected chi connectivity index (χ3v) is 4.00. The van der Waals surface area contributed by atoms with Crippen LogP contribution in [-0.2, 0) is 16.1 Å². The Bertz CT molecular complexity index is 671. The zero-order valence-electron chi connectivity index (χ0n) is 12.9. The zero-order valence-corrected chi connectivity index (χ0v) is 12.9. The molecule has 1 saturated carbocycles.